The third-order valence-corrected chi connectivity index (χ3v) is 5.38. The van der Waals surface area contributed by atoms with Crippen LogP contribution in [-0.2, 0) is 0 Å². The van der Waals surface area contributed by atoms with Gasteiger partial charge in [-0.25, -0.2) is 4.39 Å². The zero-order chi connectivity index (χ0) is 18.8. The van der Waals surface area contributed by atoms with Gasteiger partial charge in [0, 0.05) is 19.6 Å². The molecular weight excluding hydrogens is 343 g/mol. The van der Waals surface area contributed by atoms with Crippen LogP contribution in [0.15, 0.2) is 36.4 Å². The summed E-state index contributed by atoms with van der Waals surface area (Å²) in [6.07, 6.45) is 1.17. The summed E-state index contributed by atoms with van der Waals surface area (Å²) in [4.78, 5) is 4.78. The van der Waals surface area contributed by atoms with Gasteiger partial charge in [0.25, 0.3) is 0 Å². The number of benzene rings is 1. The zero-order valence-electron chi connectivity index (χ0n) is 15.8. The summed E-state index contributed by atoms with van der Waals surface area (Å²) in [5.74, 6) is 1.65. The number of nitrogens with zero attached hydrogens (tertiary/aromatic N) is 6. The van der Waals surface area contributed by atoms with Gasteiger partial charge in [0.05, 0.1) is 5.56 Å². The van der Waals surface area contributed by atoms with Crippen molar-refractivity contribution < 1.29 is 4.39 Å². The highest BCUT2D eigenvalue weighted by molar-refractivity contribution is 5.60. The van der Waals surface area contributed by atoms with E-state index in [9.17, 15) is 4.39 Å². The minimum Gasteiger partial charge on any atom is -0.355 e. The van der Waals surface area contributed by atoms with Crippen LogP contribution in [0.3, 0.4) is 0 Å². The third-order valence-electron chi connectivity index (χ3n) is 5.38. The van der Waals surface area contributed by atoms with Gasteiger partial charge in [0.1, 0.15) is 11.6 Å². The van der Waals surface area contributed by atoms with Crippen molar-refractivity contribution in [3.05, 3.63) is 42.2 Å². The molecule has 3 heterocycles. The maximum atomic E-state index is 14.2. The summed E-state index contributed by atoms with van der Waals surface area (Å²) in [6.45, 7) is 9.70. The van der Waals surface area contributed by atoms with Crippen LogP contribution in [0.5, 0.6) is 0 Å². The lowest BCUT2D eigenvalue weighted by Gasteiger charge is -2.23. The lowest BCUT2D eigenvalue weighted by atomic mass is 10.1. The highest BCUT2D eigenvalue weighted by Crippen LogP contribution is 2.25. The van der Waals surface area contributed by atoms with Crippen molar-refractivity contribution in [3.8, 4) is 11.4 Å². The largest absolute Gasteiger partial charge is 0.355 e. The van der Waals surface area contributed by atoms with E-state index in [1.807, 2.05) is 12.1 Å². The van der Waals surface area contributed by atoms with Crippen LogP contribution in [0.25, 0.3) is 17.0 Å². The van der Waals surface area contributed by atoms with E-state index >= 15 is 0 Å². The molecule has 1 aromatic carbocycles. The van der Waals surface area contributed by atoms with Gasteiger partial charge in [-0.1, -0.05) is 26.0 Å². The number of hydrogen-bond acceptors (Lipinski definition) is 5. The number of rotatable bonds is 6. The molecule has 4 rings (SSSR count). The Kier molecular flexibility index (Phi) is 5.03. The van der Waals surface area contributed by atoms with Crippen LogP contribution in [-0.4, -0.2) is 57.4 Å². The Morgan fingerprint density at radius 3 is 2.70 bits per heavy atom. The molecule has 1 atom stereocenters. The molecular formula is C20H25FN6. The van der Waals surface area contributed by atoms with Crippen LogP contribution in [0.1, 0.15) is 20.3 Å². The van der Waals surface area contributed by atoms with Crippen molar-refractivity contribution in [3.63, 3.8) is 0 Å². The van der Waals surface area contributed by atoms with E-state index in [2.05, 4.69) is 33.8 Å². The van der Waals surface area contributed by atoms with Gasteiger partial charge < -0.3 is 9.80 Å². The second kappa shape index (κ2) is 7.60. The molecule has 142 valence electrons. The molecule has 1 aliphatic heterocycles. The van der Waals surface area contributed by atoms with Crippen molar-refractivity contribution >= 4 is 11.5 Å². The second-order valence-corrected chi connectivity index (χ2v) is 7.05. The molecule has 6 nitrogen and oxygen atoms in total. The van der Waals surface area contributed by atoms with E-state index in [0.29, 0.717) is 23.0 Å². The smallest absolute Gasteiger partial charge is 0.188 e. The van der Waals surface area contributed by atoms with Crippen molar-refractivity contribution in [2.75, 3.05) is 37.6 Å². The predicted octanol–water partition coefficient (Wildman–Crippen LogP) is 3.10. The van der Waals surface area contributed by atoms with Crippen LogP contribution in [0, 0.1) is 11.7 Å². The molecule has 0 radical (unpaired) electrons. The Bertz CT molecular complexity index is 920. The van der Waals surface area contributed by atoms with Gasteiger partial charge in [0.15, 0.2) is 11.5 Å². The average Bonchev–Trinajstić information content (AvgIpc) is 3.33. The van der Waals surface area contributed by atoms with E-state index in [4.69, 9.17) is 5.10 Å². The summed E-state index contributed by atoms with van der Waals surface area (Å²) in [6, 6.07) is 10.5. The summed E-state index contributed by atoms with van der Waals surface area (Å²) in [7, 11) is 0. The standard InChI is InChI=1S/C20H25FN6/c1-3-25(4-2)13-15-11-12-26(14-15)19-10-9-18-22-23-20(27(18)24-19)16-7-5-6-8-17(16)21/h5-10,15H,3-4,11-14H2,1-2H3. The molecule has 0 amide bonds. The minimum absolute atomic E-state index is 0.320. The molecule has 1 aliphatic rings. The number of halogens is 1. The molecule has 1 unspecified atom stereocenters. The van der Waals surface area contributed by atoms with Gasteiger partial charge in [-0.15, -0.1) is 15.3 Å². The Hall–Kier alpha value is -2.54. The predicted molar refractivity (Wildman–Crippen MR) is 104 cm³/mol. The second-order valence-electron chi connectivity index (χ2n) is 7.05. The molecule has 0 N–H and O–H groups in total. The first-order chi connectivity index (χ1) is 13.2. The first kappa shape index (κ1) is 17.9. The van der Waals surface area contributed by atoms with Gasteiger partial charge in [-0.05, 0) is 49.7 Å². The van der Waals surface area contributed by atoms with Crippen molar-refractivity contribution in [1.29, 1.82) is 0 Å². The van der Waals surface area contributed by atoms with Crippen LogP contribution in [0.2, 0.25) is 0 Å². The van der Waals surface area contributed by atoms with E-state index < -0.39 is 0 Å². The molecule has 3 aromatic rings. The molecule has 7 heteroatoms. The average molecular weight is 368 g/mol. The van der Waals surface area contributed by atoms with Gasteiger partial charge in [-0.3, -0.25) is 0 Å². The zero-order valence-corrected chi connectivity index (χ0v) is 15.8. The van der Waals surface area contributed by atoms with E-state index in [1.165, 1.54) is 12.5 Å². The number of aromatic nitrogens is 4. The van der Waals surface area contributed by atoms with Gasteiger partial charge in [0.2, 0.25) is 0 Å². The lowest BCUT2D eigenvalue weighted by Crippen LogP contribution is -2.31. The fraction of sp³-hybridized carbons (Fsp3) is 0.450. The van der Waals surface area contributed by atoms with Gasteiger partial charge in [-0.2, -0.15) is 4.52 Å². The quantitative estimate of drug-likeness (QED) is 0.669. The van der Waals surface area contributed by atoms with Crippen molar-refractivity contribution in [2.24, 2.45) is 5.92 Å². The third kappa shape index (κ3) is 3.51. The molecule has 27 heavy (non-hydrogen) atoms. The summed E-state index contributed by atoms with van der Waals surface area (Å²) in [5, 5.41) is 13.0. The Balaban J connectivity index is 1.59. The first-order valence-corrected chi connectivity index (χ1v) is 9.64. The Morgan fingerprint density at radius 2 is 1.93 bits per heavy atom. The maximum absolute atomic E-state index is 14.2. The van der Waals surface area contributed by atoms with E-state index in [1.54, 1.807) is 22.7 Å². The molecule has 0 aliphatic carbocycles. The van der Waals surface area contributed by atoms with E-state index in [0.717, 1.165) is 38.5 Å². The minimum atomic E-state index is -0.320. The molecule has 1 fully saturated rings. The SMILES string of the molecule is CCN(CC)CC1CCN(c2ccc3nnc(-c4ccccc4F)n3n2)C1. The van der Waals surface area contributed by atoms with Crippen molar-refractivity contribution in [2.45, 2.75) is 20.3 Å². The molecule has 0 bridgehead atoms. The molecule has 2 aromatic heterocycles. The summed E-state index contributed by atoms with van der Waals surface area (Å²) >= 11 is 0. The van der Waals surface area contributed by atoms with Crippen LogP contribution < -0.4 is 4.90 Å². The summed E-state index contributed by atoms with van der Waals surface area (Å²) in [5.41, 5.74) is 1.03. The number of hydrogen-bond donors (Lipinski definition) is 0. The highest BCUT2D eigenvalue weighted by atomic mass is 19.1. The molecule has 0 saturated carbocycles. The first-order valence-electron chi connectivity index (χ1n) is 9.64. The number of fused-ring (bicyclic) bond motifs is 1. The van der Waals surface area contributed by atoms with Gasteiger partial charge >= 0.3 is 0 Å². The van der Waals surface area contributed by atoms with Crippen molar-refractivity contribution in [1.82, 2.24) is 24.7 Å². The number of anilines is 1. The normalized spacial score (nSPS) is 17.3. The lowest BCUT2D eigenvalue weighted by molar-refractivity contribution is 0.261. The van der Waals surface area contributed by atoms with E-state index in [-0.39, 0.29) is 5.82 Å². The highest BCUT2D eigenvalue weighted by Gasteiger charge is 2.25. The topological polar surface area (TPSA) is 49.6 Å². The molecule has 0 spiro atoms. The summed E-state index contributed by atoms with van der Waals surface area (Å²) < 4.78 is 15.8. The fourth-order valence-corrected chi connectivity index (χ4v) is 3.80. The Labute approximate surface area is 158 Å². The maximum Gasteiger partial charge on any atom is 0.188 e. The van der Waals surface area contributed by atoms with Crippen LogP contribution >= 0.6 is 0 Å². The molecule has 1 saturated heterocycles. The monoisotopic (exact) mass is 368 g/mol. The fourth-order valence-electron chi connectivity index (χ4n) is 3.80. The van der Waals surface area contributed by atoms with Crippen LogP contribution in [0.4, 0.5) is 10.2 Å². The Morgan fingerprint density at radius 1 is 1.11 bits per heavy atom.